The maximum atomic E-state index is 13.3. The first kappa shape index (κ1) is 24.2. The summed E-state index contributed by atoms with van der Waals surface area (Å²) < 4.78 is 51.2. The zero-order valence-corrected chi connectivity index (χ0v) is 19.7. The average Bonchev–Trinajstić information content (AvgIpc) is 3.31. The molecule has 10 heteroatoms. The molecule has 0 aliphatic carbocycles. The van der Waals surface area contributed by atoms with Gasteiger partial charge in [0.1, 0.15) is 17.1 Å². The second kappa shape index (κ2) is 10.1. The summed E-state index contributed by atoms with van der Waals surface area (Å²) in [6, 6.07) is 16.8. The van der Waals surface area contributed by atoms with Crippen molar-refractivity contribution < 1.29 is 31.9 Å². The first-order valence-electron chi connectivity index (χ1n) is 10.8. The molecule has 0 saturated carbocycles. The number of amides is 1. The highest BCUT2D eigenvalue weighted by molar-refractivity contribution is 7.92. The van der Waals surface area contributed by atoms with Gasteiger partial charge < -0.3 is 14.8 Å². The number of hydrogen-bond donors (Lipinski definition) is 1. The van der Waals surface area contributed by atoms with Crippen molar-refractivity contribution in [2.45, 2.75) is 17.9 Å². The summed E-state index contributed by atoms with van der Waals surface area (Å²) in [4.78, 5) is 24.7. The normalized spacial score (nSPS) is 12.7. The Labute approximate surface area is 202 Å². The van der Waals surface area contributed by atoms with Crippen LogP contribution >= 0.6 is 0 Å². The topological polar surface area (TPSA) is 102 Å². The number of hydrogen-bond acceptors (Lipinski definition) is 6. The number of esters is 1. The number of halogens is 1. The number of sulfonamides is 1. The van der Waals surface area contributed by atoms with E-state index in [9.17, 15) is 22.4 Å². The Morgan fingerprint density at radius 1 is 1.06 bits per heavy atom. The molecule has 0 bridgehead atoms. The Morgan fingerprint density at radius 3 is 2.54 bits per heavy atom. The van der Waals surface area contributed by atoms with Gasteiger partial charge in [0.05, 0.1) is 17.7 Å². The summed E-state index contributed by atoms with van der Waals surface area (Å²) in [5, 5.41) is 2.56. The quantitative estimate of drug-likeness (QED) is 0.479. The summed E-state index contributed by atoms with van der Waals surface area (Å²) in [5.74, 6) is -1.75. The van der Waals surface area contributed by atoms with Gasteiger partial charge >= 0.3 is 5.97 Å². The second-order valence-electron chi connectivity index (χ2n) is 7.80. The van der Waals surface area contributed by atoms with Crippen molar-refractivity contribution in [1.29, 1.82) is 0 Å². The maximum Gasteiger partial charge on any atom is 0.342 e. The lowest BCUT2D eigenvalue weighted by Gasteiger charge is -2.20. The second-order valence-corrected chi connectivity index (χ2v) is 9.66. The first-order valence-corrected chi connectivity index (χ1v) is 12.2. The molecule has 0 atom stereocenters. The van der Waals surface area contributed by atoms with Crippen molar-refractivity contribution in [3.63, 3.8) is 0 Å². The monoisotopic (exact) mass is 498 g/mol. The fourth-order valence-electron chi connectivity index (χ4n) is 3.75. The van der Waals surface area contributed by atoms with Crippen LogP contribution in [0, 0.1) is 5.82 Å². The number of rotatable bonds is 8. The van der Waals surface area contributed by atoms with Crippen molar-refractivity contribution >= 4 is 27.6 Å². The van der Waals surface area contributed by atoms with Gasteiger partial charge in [0.15, 0.2) is 6.61 Å². The van der Waals surface area contributed by atoms with E-state index in [2.05, 4.69) is 5.32 Å². The highest BCUT2D eigenvalue weighted by Crippen LogP contribution is 2.34. The van der Waals surface area contributed by atoms with Crippen LogP contribution in [-0.4, -0.2) is 40.6 Å². The molecule has 3 aromatic rings. The molecular weight excluding hydrogens is 475 g/mol. The van der Waals surface area contributed by atoms with Gasteiger partial charge in [0, 0.05) is 13.1 Å². The summed E-state index contributed by atoms with van der Waals surface area (Å²) in [7, 11) is -2.60. The number of nitrogens with zero attached hydrogens (tertiary/aromatic N) is 1. The van der Waals surface area contributed by atoms with Gasteiger partial charge in [-0.25, -0.2) is 17.6 Å². The van der Waals surface area contributed by atoms with Gasteiger partial charge in [-0.05, 0) is 53.9 Å². The molecule has 1 aliphatic heterocycles. The van der Waals surface area contributed by atoms with Crippen LogP contribution in [0.4, 0.5) is 10.1 Å². The van der Waals surface area contributed by atoms with E-state index in [0.717, 1.165) is 5.56 Å². The highest BCUT2D eigenvalue weighted by atomic mass is 32.2. The number of fused-ring (bicyclic) bond motifs is 1. The van der Waals surface area contributed by atoms with Crippen molar-refractivity contribution in [3.05, 3.63) is 89.2 Å². The molecule has 8 nitrogen and oxygen atoms in total. The third kappa shape index (κ3) is 5.27. The molecule has 35 heavy (non-hydrogen) atoms. The van der Waals surface area contributed by atoms with E-state index in [4.69, 9.17) is 9.47 Å². The molecule has 1 aliphatic rings. The van der Waals surface area contributed by atoms with E-state index in [1.807, 2.05) is 12.1 Å². The fourth-order valence-corrected chi connectivity index (χ4v) is 5.28. The predicted molar refractivity (Wildman–Crippen MR) is 126 cm³/mol. The molecule has 0 saturated heterocycles. The Hall–Kier alpha value is -3.92. The lowest BCUT2D eigenvalue weighted by molar-refractivity contribution is -0.124. The van der Waals surface area contributed by atoms with Crippen LogP contribution < -0.4 is 14.4 Å². The molecule has 0 fully saturated rings. The first-order chi connectivity index (χ1) is 16.8. The van der Waals surface area contributed by atoms with Crippen LogP contribution in [0.1, 0.15) is 21.5 Å². The molecular formula is C25H23FN2O6S. The SMILES string of the molecule is COc1ccc(S(=O)(=O)N2CCc3ccccc32)cc1C(=O)OCC(=O)NCc1ccc(F)cc1. The minimum atomic E-state index is -3.94. The van der Waals surface area contributed by atoms with Crippen LogP contribution in [0.3, 0.4) is 0 Å². The van der Waals surface area contributed by atoms with Crippen LogP contribution in [0.2, 0.25) is 0 Å². The number of carbonyl (C=O) groups excluding carboxylic acids is 2. The van der Waals surface area contributed by atoms with Crippen molar-refractivity contribution in [2.24, 2.45) is 0 Å². The average molecular weight is 499 g/mol. The van der Waals surface area contributed by atoms with Gasteiger partial charge in [0.25, 0.3) is 15.9 Å². The largest absolute Gasteiger partial charge is 0.496 e. The number of ether oxygens (including phenoxy) is 2. The molecule has 3 aromatic carbocycles. The summed E-state index contributed by atoms with van der Waals surface area (Å²) in [6.45, 7) is -0.160. The highest BCUT2D eigenvalue weighted by Gasteiger charge is 2.31. The van der Waals surface area contributed by atoms with E-state index in [1.165, 1.54) is 53.9 Å². The summed E-state index contributed by atoms with van der Waals surface area (Å²) in [6.07, 6.45) is 0.591. The van der Waals surface area contributed by atoms with E-state index >= 15 is 0 Å². The molecule has 0 spiro atoms. The van der Waals surface area contributed by atoms with Gasteiger partial charge in [-0.1, -0.05) is 30.3 Å². The number of nitrogens with one attached hydrogen (secondary N) is 1. The van der Waals surface area contributed by atoms with Gasteiger partial charge in [-0.2, -0.15) is 0 Å². The standard InChI is InChI=1S/C25H23FN2O6S/c1-33-23-11-10-20(35(31,32)28-13-12-18-4-2-3-5-22(18)28)14-21(23)25(30)34-16-24(29)27-15-17-6-8-19(26)9-7-17/h2-11,14H,12-13,15-16H2,1H3,(H,27,29). The number of carbonyl (C=O) groups is 2. The van der Waals surface area contributed by atoms with Crippen molar-refractivity contribution in [2.75, 3.05) is 24.6 Å². The smallest absolute Gasteiger partial charge is 0.342 e. The third-order valence-corrected chi connectivity index (χ3v) is 7.37. The fraction of sp³-hybridized carbons (Fsp3) is 0.200. The minimum absolute atomic E-state index is 0.0947. The Balaban J connectivity index is 1.46. The van der Waals surface area contributed by atoms with Crippen molar-refractivity contribution in [1.82, 2.24) is 5.32 Å². The van der Waals surface area contributed by atoms with Crippen LogP contribution in [0.15, 0.2) is 71.6 Å². The Morgan fingerprint density at radius 2 is 1.80 bits per heavy atom. The van der Waals surface area contributed by atoms with E-state index in [1.54, 1.807) is 12.1 Å². The van der Waals surface area contributed by atoms with Gasteiger partial charge in [-0.15, -0.1) is 0 Å². The number of methoxy groups -OCH3 is 1. The van der Waals surface area contributed by atoms with Crippen molar-refractivity contribution in [3.8, 4) is 5.75 Å². The predicted octanol–water partition coefficient (Wildman–Crippen LogP) is 3.06. The lowest BCUT2D eigenvalue weighted by Crippen LogP contribution is -2.30. The molecule has 1 heterocycles. The third-order valence-electron chi connectivity index (χ3n) is 5.56. The molecule has 0 aromatic heterocycles. The number of anilines is 1. The zero-order chi connectivity index (χ0) is 25.0. The molecule has 0 unspecified atom stereocenters. The minimum Gasteiger partial charge on any atom is -0.496 e. The number of benzene rings is 3. The van der Waals surface area contributed by atoms with Gasteiger partial charge in [0.2, 0.25) is 0 Å². The molecule has 4 rings (SSSR count). The van der Waals surface area contributed by atoms with E-state index in [0.29, 0.717) is 24.2 Å². The maximum absolute atomic E-state index is 13.3. The Kier molecular flexibility index (Phi) is 7.02. The Bertz CT molecular complexity index is 1360. The van der Waals surface area contributed by atoms with E-state index < -0.39 is 28.5 Å². The zero-order valence-electron chi connectivity index (χ0n) is 18.9. The lowest BCUT2D eigenvalue weighted by atomic mass is 10.2. The molecule has 0 radical (unpaired) electrons. The summed E-state index contributed by atoms with van der Waals surface area (Å²) >= 11 is 0. The number of para-hydroxylation sites is 1. The van der Waals surface area contributed by atoms with Gasteiger partial charge in [-0.3, -0.25) is 9.10 Å². The molecule has 1 amide bonds. The van der Waals surface area contributed by atoms with Crippen LogP contribution in [-0.2, 0) is 32.5 Å². The van der Waals surface area contributed by atoms with Crippen LogP contribution in [0.25, 0.3) is 0 Å². The van der Waals surface area contributed by atoms with Crippen LogP contribution in [0.5, 0.6) is 5.75 Å². The van der Waals surface area contributed by atoms with E-state index in [-0.39, 0.29) is 28.6 Å². The molecule has 1 N–H and O–H groups in total. The molecule has 182 valence electrons. The summed E-state index contributed by atoms with van der Waals surface area (Å²) in [5.41, 5.74) is 2.09.